The van der Waals surface area contributed by atoms with Crippen molar-refractivity contribution in [3.8, 4) is 0 Å². The molecule has 0 spiro atoms. The third kappa shape index (κ3) is 12.9. The van der Waals surface area contributed by atoms with Gasteiger partial charge in [-0.3, -0.25) is 33.6 Å². The van der Waals surface area contributed by atoms with Crippen molar-refractivity contribution in [1.29, 1.82) is 0 Å². The minimum Gasteiger partial charge on any atom is -0.480 e. The van der Waals surface area contributed by atoms with E-state index in [1.807, 2.05) is 0 Å². The highest BCUT2D eigenvalue weighted by atomic mass is 31.2. The lowest BCUT2D eigenvalue weighted by Crippen LogP contribution is -2.48. The highest BCUT2D eigenvalue weighted by molar-refractivity contribution is 7.51. The first-order valence-electron chi connectivity index (χ1n) is 9.54. The average molecular weight is 454 g/mol. The van der Waals surface area contributed by atoms with E-state index in [1.54, 1.807) is 19.6 Å². The molecule has 0 aromatic carbocycles. The van der Waals surface area contributed by atoms with Crippen LogP contribution >= 0.6 is 7.60 Å². The van der Waals surface area contributed by atoms with Crippen LogP contribution in [0.5, 0.6) is 0 Å². The van der Waals surface area contributed by atoms with E-state index in [0.717, 1.165) is 0 Å². The van der Waals surface area contributed by atoms with Crippen LogP contribution in [0.1, 0.15) is 0 Å². The molecular formula is C16H31N4O9P. The molecule has 14 heteroatoms. The highest BCUT2D eigenvalue weighted by Gasteiger charge is 2.21. The van der Waals surface area contributed by atoms with Crippen LogP contribution in [0.3, 0.4) is 0 Å². The molecule has 1 aliphatic rings. The Balaban J connectivity index is 2.92. The van der Waals surface area contributed by atoms with Crippen LogP contribution in [0, 0.1) is 0 Å². The lowest BCUT2D eigenvalue weighted by atomic mass is 10.3. The smallest absolute Gasteiger partial charge is 0.326 e. The molecular weight excluding hydrogens is 423 g/mol. The molecule has 0 radical (unpaired) electrons. The monoisotopic (exact) mass is 454 g/mol. The maximum absolute atomic E-state index is 11.2. The topological polar surface area (TPSA) is 182 Å². The summed E-state index contributed by atoms with van der Waals surface area (Å²) in [5.74, 6) is -3.08. The third-order valence-corrected chi connectivity index (χ3v) is 5.50. The van der Waals surface area contributed by atoms with Crippen molar-refractivity contribution >= 4 is 25.5 Å². The molecule has 30 heavy (non-hydrogen) atoms. The summed E-state index contributed by atoms with van der Waals surface area (Å²) in [6, 6.07) is 0. The van der Waals surface area contributed by atoms with E-state index in [4.69, 9.17) is 25.1 Å². The number of aliphatic carboxylic acids is 3. The standard InChI is InChI=1S/C16H31N4O9P/c21-14(22)11-18-3-1-17(9-10-30(27,28)29)2-4-19(12-15(23)24)6-8-20(7-5-18)13-16(25)26/h1-13H2,(H,21,22)(H,23,24)(H,25,26)(H2,27,28,29). The normalized spacial score (nSPS) is 19.7. The van der Waals surface area contributed by atoms with Crippen LogP contribution < -0.4 is 0 Å². The summed E-state index contributed by atoms with van der Waals surface area (Å²) >= 11 is 0. The Hall–Kier alpha value is -1.60. The lowest BCUT2D eigenvalue weighted by Gasteiger charge is -2.33. The number of rotatable bonds is 9. The number of carbonyl (C=O) groups is 3. The van der Waals surface area contributed by atoms with Crippen LogP contribution in [-0.2, 0) is 18.9 Å². The van der Waals surface area contributed by atoms with Gasteiger partial charge in [0.1, 0.15) is 0 Å². The second-order valence-corrected chi connectivity index (χ2v) is 9.02. The van der Waals surface area contributed by atoms with Crippen molar-refractivity contribution in [2.45, 2.75) is 0 Å². The first kappa shape index (κ1) is 26.4. The van der Waals surface area contributed by atoms with Crippen molar-refractivity contribution in [2.75, 3.05) is 84.7 Å². The SMILES string of the molecule is O=C(O)CN1CCN(CCP(=O)(O)O)CCN(CC(=O)O)CCN(CC(=O)O)CC1. The average Bonchev–Trinajstić information content (AvgIpc) is 2.59. The minimum absolute atomic E-state index is 0.0945. The molecule has 1 fully saturated rings. The van der Waals surface area contributed by atoms with Crippen molar-refractivity contribution in [3.63, 3.8) is 0 Å². The Bertz CT molecular complexity index is 598. The zero-order valence-electron chi connectivity index (χ0n) is 16.8. The summed E-state index contributed by atoms with van der Waals surface area (Å²) in [7, 11) is -4.21. The van der Waals surface area contributed by atoms with Gasteiger partial charge >= 0.3 is 25.5 Å². The summed E-state index contributed by atoms with van der Waals surface area (Å²) in [5, 5.41) is 27.4. The van der Waals surface area contributed by atoms with E-state index in [-0.39, 0.29) is 32.3 Å². The first-order valence-corrected chi connectivity index (χ1v) is 11.3. The van der Waals surface area contributed by atoms with Crippen molar-refractivity contribution in [3.05, 3.63) is 0 Å². The Kier molecular flexibility index (Phi) is 11.4. The van der Waals surface area contributed by atoms with Crippen LogP contribution in [0.4, 0.5) is 0 Å². The van der Waals surface area contributed by atoms with E-state index in [0.29, 0.717) is 52.4 Å². The number of hydrogen-bond acceptors (Lipinski definition) is 8. The number of carboxylic acids is 3. The summed E-state index contributed by atoms with van der Waals surface area (Å²) in [5.41, 5.74) is 0. The predicted octanol–water partition coefficient (Wildman–Crippen LogP) is -2.36. The fraction of sp³-hybridized carbons (Fsp3) is 0.812. The van der Waals surface area contributed by atoms with Crippen LogP contribution in [0.25, 0.3) is 0 Å². The summed E-state index contributed by atoms with van der Waals surface area (Å²) in [6.07, 6.45) is -0.350. The van der Waals surface area contributed by atoms with E-state index in [9.17, 15) is 18.9 Å². The van der Waals surface area contributed by atoms with E-state index >= 15 is 0 Å². The fourth-order valence-electron chi connectivity index (χ4n) is 3.12. The summed E-state index contributed by atoms with van der Waals surface area (Å²) in [4.78, 5) is 58.5. The van der Waals surface area contributed by atoms with Crippen molar-refractivity contribution in [1.82, 2.24) is 19.6 Å². The first-order chi connectivity index (χ1) is 13.9. The summed E-state index contributed by atoms with van der Waals surface area (Å²) < 4.78 is 11.2. The van der Waals surface area contributed by atoms with Gasteiger partial charge in [-0.25, -0.2) is 0 Å². The molecule has 13 nitrogen and oxygen atoms in total. The van der Waals surface area contributed by atoms with Gasteiger partial charge in [-0.1, -0.05) is 0 Å². The van der Waals surface area contributed by atoms with Gasteiger partial charge in [-0.15, -0.1) is 0 Å². The molecule has 1 aliphatic heterocycles. The molecule has 0 amide bonds. The van der Waals surface area contributed by atoms with Gasteiger partial charge in [0.05, 0.1) is 25.8 Å². The second kappa shape index (κ2) is 13.0. The largest absolute Gasteiger partial charge is 0.480 e. The second-order valence-electron chi connectivity index (χ2n) is 7.24. The van der Waals surface area contributed by atoms with E-state index in [1.165, 1.54) is 0 Å². The molecule has 0 atom stereocenters. The molecule has 0 aromatic rings. The van der Waals surface area contributed by atoms with E-state index in [2.05, 4.69) is 0 Å². The molecule has 0 aromatic heterocycles. The maximum atomic E-state index is 11.2. The van der Waals surface area contributed by atoms with Crippen molar-refractivity contribution < 1.29 is 44.1 Å². The minimum atomic E-state index is -4.21. The van der Waals surface area contributed by atoms with Crippen LogP contribution in [-0.4, -0.2) is 147 Å². The van der Waals surface area contributed by atoms with Crippen LogP contribution in [0.2, 0.25) is 0 Å². The molecule has 0 bridgehead atoms. The Morgan fingerprint density at radius 3 is 1.10 bits per heavy atom. The fourth-order valence-corrected chi connectivity index (χ4v) is 3.67. The quantitative estimate of drug-likeness (QED) is 0.233. The van der Waals surface area contributed by atoms with Gasteiger partial charge in [0, 0.05) is 58.9 Å². The number of carboxylic acid groups (broad SMARTS) is 3. The molecule has 0 aliphatic carbocycles. The zero-order valence-corrected chi connectivity index (χ0v) is 17.7. The number of nitrogens with zero attached hydrogens (tertiary/aromatic N) is 4. The van der Waals surface area contributed by atoms with Crippen molar-refractivity contribution in [2.24, 2.45) is 0 Å². The van der Waals surface area contributed by atoms with Gasteiger partial charge in [0.2, 0.25) is 0 Å². The molecule has 1 saturated heterocycles. The number of hydrogen-bond donors (Lipinski definition) is 5. The Morgan fingerprint density at radius 1 is 0.600 bits per heavy atom. The third-order valence-electron chi connectivity index (χ3n) is 4.71. The summed E-state index contributed by atoms with van der Waals surface area (Å²) in [6.45, 7) is 1.87. The molecule has 1 rings (SSSR count). The predicted molar refractivity (Wildman–Crippen MR) is 106 cm³/mol. The highest BCUT2D eigenvalue weighted by Crippen LogP contribution is 2.33. The van der Waals surface area contributed by atoms with Gasteiger partial charge in [0.25, 0.3) is 0 Å². The molecule has 1 heterocycles. The molecule has 0 unspecified atom stereocenters. The molecule has 0 saturated carbocycles. The Labute approximate surface area is 174 Å². The van der Waals surface area contributed by atoms with Gasteiger partial charge in [0.15, 0.2) is 0 Å². The van der Waals surface area contributed by atoms with Gasteiger partial charge in [-0.2, -0.15) is 0 Å². The van der Waals surface area contributed by atoms with Crippen LogP contribution in [0.15, 0.2) is 0 Å². The lowest BCUT2D eigenvalue weighted by molar-refractivity contribution is -0.140. The van der Waals surface area contributed by atoms with Gasteiger partial charge < -0.3 is 30.0 Å². The van der Waals surface area contributed by atoms with Gasteiger partial charge in [-0.05, 0) is 0 Å². The molecule has 5 N–H and O–H groups in total. The zero-order chi connectivity index (χ0) is 22.7. The van der Waals surface area contributed by atoms with E-state index < -0.39 is 25.5 Å². The molecule has 174 valence electrons. The maximum Gasteiger partial charge on any atom is 0.326 e. The Morgan fingerprint density at radius 2 is 0.867 bits per heavy atom.